The quantitative estimate of drug-likeness (QED) is 0.668. The van der Waals surface area contributed by atoms with Gasteiger partial charge in [-0.3, -0.25) is 0 Å². The third kappa shape index (κ3) is 1.33. The maximum Gasteiger partial charge on any atom is 0.383 e. The van der Waals surface area contributed by atoms with Gasteiger partial charge in [0.15, 0.2) is 5.83 Å². The molecule has 1 aromatic rings. The highest BCUT2D eigenvalue weighted by molar-refractivity contribution is 5.78. The molecule has 0 aromatic heterocycles. The molecule has 2 rings (SSSR count). The number of halogens is 7. The van der Waals surface area contributed by atoms with Gasteiger partial charge in [0, 0.05) is 0 Å². The van der Waals surface area contributed by atoms with Crippen molar-refractivity contribution in [1.29, 1.82) is 0 Å². The Morgan fingerprint density at radius 2 is 1.22 bits per heavy atom. The van der Waals surface area contributed by atoms with Crippen LogP contribution in [0, 0.1) is 0 Å². The fourth-order valence-corrected chi connectivity index (χ4v) is 1.70. The molecule has 0 radical (unpaired) electrons. The highest BCUT2D eigenvalue weighted by Crippen LogP contribution is 2.62. The molecule has 0 spiro atoms. The monoisotopic (exact) mass is 270 g/mol. The van der Waals surface area contributed by atoms with Gasteiger partial charge in [0.25, 0.3) is 0 Å². The first-order valence-electron chi connectivity index (χ1n) is 4.73. The lowest BCUT2D eigenvalue weighted by molar-refractivity contribution is -0.263. The zero-order valence-electron chi connectivity index (χ0n) is 8.53. The number of hydrogen-bond acceptors (Lipinski definition) is 0. The van der Waals surface area contributed by atoms with Crippen molar-refractivity contribution >= 4 is 5.57 Å². The van der Waals surface area contributed by atoms with E-state index < -0.39 is 34.7 Å². The van der Waals surface area contributed by atoms with Gasteiger partial charge in [0.2, 0.25) is 0 Å². The van der Waals surface area contributed by atoms with E-state index in [2.05, 4.69) is 0 Å². The second kappa shape index (κ2) is 3.49. The van der Waals surface area contributed by atoms with Crippen LogP contribution in [0.5, 0.6) is 0 Å². The normalized spacial score (nSPS) is 24.4. The van der Waals surface area contributed by atoms with Crippen LogP contribution in [0.2, 0.25) is 0 Å². The molecule has 0 nitrogen and oxygen atoms in total. The minimum atomic E-state index is -5.78. The molecule has 0 atom stereocenters. The van der Waals surface area contributed by atoms with E-state index in [1.54, 1.807) is 0 Å². The number of rotatable bonds is 1. The van der Waals surface area contributed by atoms with Gasteiger partial charge >= 0.3 is 17.8 Å². The molecule has 0 bridgehead atoms. The molecule has 0 fully saturated rings. The summed E-state index contributed by atoms with van der Waals surface area (Å²) in [4.78, 5) is 0. The number of hydrogen-bond donors (Lipinski definition) is 0. The van der Waals surface area contributed by atoms with Crippen molar-refractivity contribution in [3.05, 3.63) is 41.7 Å². The second-order valence-corrected chi connectivity index (χ2v) is 3.78. The third-order valence-electron chi connectivity index (χ3n) is 2.66. The van der Waals surface area contributed by atoms with Gasteiger partial charge in [-0.1, -0.05) is 30.3 Å². The van der Waals surface area contributed by atoms with Crippen molar-refractivity contribution < 1.29 is 30.7 Å². The van der Waals surface area contributed by atoms with Gasteiger partial charge in [-0.15, -0.1) is 0 Å². The highest BCUT2D eigenvalue weighted by Gasteiger charge is 2.81. The number of alkyl halides is 6. The van der Waals surface area contributed by atoms with E-state index in [0.29, 0.717) is 0 Å². The van der Waals surface area contributed by atoms with E-state index in [4.69, 9.17) is 0 Å². The first-order chi connectivity index (χ1) is 8.14. The van der Waals surface area contributed by atoms with E-state index >= 15 is 0 Å². The van der Waals surface area contributed by atoms with Crippen LogP contribution in [-0.4, -0.2) is 17.8 Å². The van der Waals surface area contributed by atoms with Crippen LogP contribution in [0.25, 0.3) is 5.57 Å². The molecule has 0 heterocycles. The van der Waals surface area contributed by atoms with Gasteiger partial charge in [-0.05, 0) is 5.56 Å². The summed E-state index contributed by atoms with van der Waals surface area (Å²) in [5, 5.41) is 0. The van der Waals surface area contributed by atoms with E-state index in [1.807, 2.05) is 0 Å². The SMILES string of the molecule is FC1=C(c2ccccc2)C(F)(F)C(F)(F)C1(F)F. The van der Waals surface area contributed by atoms with Gasteiger partial charge in [0.1, 0.15) is 0 Å². The Morgan fingerprint density at radius 1 is 0.722 bits per heavy atom. The summed E-state index contributed by atoms with van der Waals surface area (Å²) in [5.74, 6) is -19.3. The lowest BCUT2D eigenvalue weighted by Crippen LogP contribution is -2.48. The Balaban J connectivity index is 2.70. The lowest BCUT2D eigenvalue weighted by atomic mass is 10.0. The van der Waals surface area contributed by atoms with Crippen LogP contribution < -0.4 is 0 Å². The minimum absolute atomic E-state index is 0.697. The van der Waals surface area contributed by atoms with Crippen LogP contribution in [0.15, 0.2) is 36.2 Å². The second-order valence-electron chi connectivity index (χ2n) is 3.78. The van der Waals surface area contributed by atoms with Crippen molar-refractivity contribution in [2.45, 2.75) is 17.8 Å². The lowest BCUT2D eigenvalue weighted by Gasteiger charge is -2.24. The summed E-state index contributed by atoms with van der Waals surface area (Å²) in [5.41, 5.74) is -2.66. The summed E-state index contributed by atoms with van der Waals surface area (Å²) >= 11 is 0. The van der Waals surface area contributed by atoms with E-state index in [-0.39, 0.29) is 0 Å². The summed E-state index contributed by atoms with van der Waals surface area (Å²) in [6, 6.07) is 5.38. The molecule has 98 valence electrons. The van der Waals surface area contributed by atoms with Crippen molar-refractivity contribution in [1.82, 2.24) is 0 Å². The fraction of sp³-hybridized carbons (Fsp3) is 0.273. The molecular weight excluding hydrogens is 265 g/mol. The summed E-state index contributed by atoms with van der Waals surface area (Å²) in [6.45, 7) is 0. The Morgan fingerprint density at radius 3 is 1.61 bits per heavy atom. The first kappa shape index (κ1) is 12.9. The van der Waals surface area contributed by atoms with Crippen LogP contribution in [0.1, 0.15) is 5.56 Å². The van der Waals surface area contributed by atoms with Crippen molar-refractivity contribution in [2.24, 2.45) is 0 Å². The third-order valence-corrected chi connectivity index (χ3v) is 2.66. The smallest absolute Gasteiger partial charge is 0.204 e. The molecule has 7 heteroatoms. The molecule has 18 heavy (non-hydrogen) atoms. The Hall–Kier alpha value is -1.53. The van der Waals surface area contributed by atoms with Gasteiger partial charge in [-0.2, -0.15) is 26.3 Å². The Kier molecular flexibility index (Phi) is 2.50. The molecule has 0 aliphatic heterocycles. The van der Waals surface area contributed by atoms with Crippen LogP contribution in [0.4, 0.5) is 30.7 Å². The summed E-state index contributed by atoms with van der Waals surface area (Å²) in [7, 11) is 0. The standard InChI is InChI=1S/C11H5F7/c12-8-7(6-4-2-1-3-5-6)9(13,14)11(17,18)10(8,15)16/h1-5H. The highest BCUT2D eigenvalue weighted by atomic mass is 19.3. The molecule has 0 N–H and O–H groups in total. The zero-order valence-corrected chi connectivity index (χ0v) is 8.53. The average Bonchev–Trinajstić information content (AvgIpc) is 2.37. The molecular formula is C11H5F7. The first-order valence-corrected chi connectivity index (χ1v) is 4.73. The molecule has 0 saturated carbocycles. The largest absolute Gasteiger partial charge is 0.383 e. The fourth-order valence-electron chi connectivity index (χ4n) is 1.70. The Labute approximate surface area is 96.7 Å². The summed E-state index contributed by atoms with van der Waals surface area (Å²) in [6.07, 6.45) is 0. The molecule has 1 aromatic carbocycles. The van der Waals surface area contributed by atoms with Crippen molar-refractivity contribution in [2.75, 3.05) is 0 Å². The topological polar surface area (TPSA) is 0 Å². The zero-order chi connectivity index (χ0) is 13.8. The van der Waals surface area contributed by atoms with Crippen LogP contribution in [-0.2, 0) is 0 Å². The van der Waals surface area contributed by atoms with Gasteiger partial charge in [-0.25, -0.2) is 4.39 Å². The molecule has 0 unspecified atom stereocenters. The maximum absolute atomic E-state index is 13.3. The maximum atomic E-state index is 13.3. The average molecular weight is 270 g/mol. The van der Waals surface area contributed by atoms with E-state index in [0.717, 1.165) is 24.3 Å². The minimum Gasteiger partial charge on any atom is -0.204 e. The van der Waals surface area contributed by atoms with Crippen LogP contribution >= 0.6 is 0 Å². The molecule has 0 saturated heterocycles. The van der Waals surface area contributed by atoms with Gasteiger partial charge < -0.3 is 0 Å². The van der Waals surface area contributed by atoms with Crippen molar-refractivity contribution in [3.63, 3.8) is 0 Å². The summed E-state index contributed by atoms with van der Waals surface area (Å²) < 4.78 is 91.4. The number of benzene rings is 1. The van der Waals surface area contributed by atoms with E-state index in [9.17, 15) is 30.7 Å². The van der Waals surface area contributed by atoms with Gasteiger partial charge in [0.05, 0.1) is 5.57 Å². The molecule has 0 amide bonds. The van der Waals surface area contributed by atoms with E-state index in [1.165, 1.54) is 6.07 Å². The molecule has 1 aliphatic rings. The number of allylic oxidation sites excluding steroid dienone is 2. The predicted molar refractivity (Wildman–Crippen MR) is 49.3 cm³/mol. The predicted octanol–water partition coefficient (Wildman–Crippen LogP) is 4.29. The van der Waals surface area contributed by atoms with Crippen LogP contribution in [0.3, 0.4) is 0 Å². The molecule has 1 aliphatic carbocycles. The van der Waals surface area contributed by atoms with Crippen molar-refractivity contribution in [3.8, 4) is 0 Å². The Bertz CT molecular complexity index is 501.